The second-order valence-electron chi connectivity index (χ2n) is 3.67. The smallest absolute Gasteiger partial charge is 0.250 e. The third-order valence-electron chi connectivity index (χ3n) is 2.42. The number of carbonyl (C=O) groups is 1. The number of carbonyl (C=O) groups excluding carboxylic acids is 1. The van der Waals surface area contributed by atoms with Gasteiger partial charge >= 0.3 is 0 Å². The Morgan fingerprint density at radius 3 is 2.47 bits per heavy atom. The first-order chi connectivity index (χ1) is 9.02. The van der Waals surface area contributed by atoms with Gasteiger partial charge in [0.1, 0.15) is 0 Å². The molecule has 1 aromatic carbocycles. The molecule has 2 aromatic rings. The molecule has 0 unspecified atom stereocenters. The number of nitrogens with zero attached hydrogens (tertiary/aromatic N) is 1. The predicted octanol–water partition coefficient (Wildman–Crippen LogP) is 3.77. The zero-order valence-electron chi connectivity index (χ0n) is 9.78. The van der Waals surface area contributed by atoms with Crippen molar-refractivity contribution in [2.45, 2.75) is 0 Å². The summed E-state index contributed by atoms with van der Waals surface area (Å²) < 4.78 is 18.7. The summed E-state index contributed by atoms with van der Waals surface area (Å²) in [6.45, 7) is 0. The number of rotatable bonds is 3. The number of ketones is 1. The average molecular weight is 300 g/mol. The number of hydrogen-bond acceptors (Lipinski definition) is 3. The van der Waals surface area contributed by atoms with Crippen LogP contribution < -0.4 is 4.74 Å². The highest BCUT2D eigenvalue weighted by atomic mass is 35.5. The fourth-order valence-corrected chi connectivity index (χ4v) is 2.11. The van der Waals surface area contributed by atoms with Crippen LogP contribution in [0.4, 0.5) is 4.39 Å². The number of aromatic nitrogens is 1. The van der Waals surface area contributed by atoms with Crippen LogP contribution in [0.25, 0.3) is 0 Å². The molecule has 6 heteroatoms. The van der Waals surface area contributed by atoms with Gasteiger partial charge in [0.05, 0.1) is 12.7 Å². The van der Waals surface area contributed by atoms with Crippen molar-refractivity contribution >= 4 is 29.0 Å². The minimum absolute atomic E-state index is 0.148. The molecule has 0 saturated carbocycles. The third-order valence-corrected chi connectivity index (χ3v) is 2.86. The lowest BCUT2D eigenvalue weighted by Gasteiger charge is -2.06. The number of pyridine rings is 1. The lowest BCUT2D eigenvalue weighted by Crippen LogP contribution is -2.06. The molecule has 0 bridgehead atoms. The Bertz CT molecular complexity index is 626. The molecule has 2 rings (SSSR count). The van der Waals surface area contributed by atoms with Crippen LogP contribution in [-0.2, 0) is 0 Å². The molecule has 0 aliphatic heterocycles. The van der Waals surface area contributed by atoms with Crippen molar-refractivity contribution in [2.75, 3.05) is 7.11 Å². The Morgan fingerprint density at radius 2 is 1.89 bits per heavy atom. The Labute approximate surface area is 118 Å². The summed E-state index contributed by atoms with van der Waals surface area (Å²) in [6, 6.07) is 5.60. The fourth-order valence-electron chi connectivity index (χ4n) is 1.58. The van der Waals surface area contributed by atoms with Crippen LogP contribution in [0.3, 0.4) is 0 Å². The van der Waals surface area contributed by atoms with Gasteiger partial charge in [-0.05, 0) is 24.3 Å². The highest BCUT2D eigenvalue weighted by molar-refractivity contribution is 6.35. The van der Waals surface area contributed by atoms with E-state index in [4.69, 9.17) is 27.9 Å². The number of hydrogen-bond donors (Lipinski definition) is 0. The highest BCUT2D eigenvalue weighted by Gasteiger charge is 2.18. The maximum Gasteiger partial charge on any atom is 0.250 e. The molecule has 0 radical (unpaired) electrons. The molecule has 0 aliphatic carbocycles. The summed E-state index contributed by atoms with van der Waals surface area (Å²) in [5.41, 5.74) is 0.0508. The lowest BCUT2D eigenvalue weighted by molar-refractivity contribution is 0.103. The van der Waals surface area contributed by atoms with E-state index < -0.39 is 11.6 Å². The van der Waals surface area contributed by atoms with Crippen molar-refractivity contribution in [3.63, 3.8) is 0 Å². The van der Waals surface area contributed by atoms with E-state index in [1.165, 1.54) is 37.6 Å². The minimum Gasteiger partial charge on any atom is -0.479 e. The quantitative estimate of drug-likeness (QED) is 0.810. The summed E-state index contributed by atoms with van der Waals surface area (Å²) in [5.74, 6) is -1.59. The van der Waals surface area contributed by atoms with Gasteiger partial charge in [-0.25, -0.2) is 9.37 Å². The van der Waals surface area contributed by atoms with E-state index in [1.54, 1.807) is 0 Å². The van der Waals surface area contributed by atoms with Crippen LogP contribution in [-0.4, -0.2) is 17.9 Å². The van der Waals surface area contributed by atoms with Gasteiger partial charge in [0.15, 0.2) is 11.6 Å². The standard InChI is InChI=1S/C13H8Cl2FNO2/c1-19-13-11(16)10(2-3-17-13)12(18)7-4-8(14)6-9(15)5-7/h2-6H,1H3. The van der Waals surface area contributed by atoms with E-state index in [1.807, 2.05) is 0 Å². The molecular weight excluding hydrogens is 292 g/mol. The van der Waals surface area contributed by atoms with Crippen molar-refractivity contribution in [3.05, 3.63) is 57.5 Å². The maximum atomic E-state index is 13.9. The largest absolute Gasteiger partial charge is 0.479 e. The third kappa shape index (κ3) is 2.85. The molecule has 1 aromatic heterocycles. The number of methoxy groups -OCH3 is 1. The summed E-state index contributed by atoms with van der Waals surface area (Å²) in [4.78, 5) is 15.9. The second kappa shape index (κ2) is 5.55. The molecule has 0 saturated heterocycles. The normalized spacial score (nSPS) is 10.3. The number of benzene rings is 1. The van der Waals surface area contributed by atoms with Gasteiger partial charge in [-0.15, -0.1) is 0 Å². The molecule has 0 fully saturated rings. The van der Waals surface area contributed by atoms with Crippen molar-refractivity contribution in [1.29, 1.82) is 0 Å². The molecule has 3 nitrogen and oxygen atoms in total. The Kier molecular flexibility index (Phi) is 4.02. The summed E-state index contributed by atoms with van der Waals surface area (Å²) >= 11 is 11.6. The average Bonchev–Trinajstić information content (AvgIpc) is 2.37. The van der Waals surface area contributed by atoms with Gasteiger partial charge in [-0.2, -0.15) is 0 Å². The predicted molar refractivity (Wildman–Crippen MR) is 70.6 cm³/mol. The molecule has 0 amide bonds. The SMILES string of the molecule is COc1nccc(C(=O)c2cc(Cl)cc(Cl)c2)c1F. The number of halogens is 3. The Balaban J connectivity index is 2.50. The van der Waals surface area contributed by atoms with Gasteiger partial charge in [0, 0.05) is 21.8 Å². The van der Waals surface area contributed by atoms with Gasteiger partial charge in [-0.1, -0.05) is 23.2 Å². The Morgan fingerprint density at radius 1 is 1.26 bits per heavy atom. The van der Waals surface area contributed by atoms with Gasteiger partial charge in [-0.3, -0.25) is 4.79 Å². The van der Waals surface area contributed by atoms with E-state index in [2.05, 4.69) is 4.98 Å². The van der Waals surface area contributed by atoms with Crippen molar-refractivity contribution in [1.82, 2.24) is 4.98 Å². The first kappa shape index (κ1) is 13.8. The van der Waals surface area contributed by atoms with Crippen molar-refractivity contribution in [2.24, 2.45) is 0 Å². The maximum absolute atomic E-state index is 13.9. The highest BCUT2D eigenvalue weighted by Crippen LogP contribution is 2.24. The molecule has 0 N–H and O–H groups in total. The first-order valence-corrected chi connectivity index (χ1v) is 5.98. The van der Waals surface area contributed by atoms with Crippen LogP contribution in [0, 0.1) is 5.82 Å². The molecule has 1 heterocycles. The summed E-state index contributed by atoms with van der Waals surface area (Å²) in [6.07, 6.45) is 1.29. The van der Waals surface area contributed by atoms with Crippen LogP contribution in [0.5, 0.6) is 5.88 Å². The van der Waals surface area contributed by atoms with E-state index >= 15 is 0 Å². The van der Waals surface area contributed by atoms with E-state index in [0.29, 0.717) is 10.0 Å². The van der Waals surface area contributed by atoms with Gasteiger partial charge in [0.25, 0.3) is 5.88 Å². The lowest BCUT2D eigenvalue weighted by atomic mass is 10.0. The van der Waals surface area contributed by atoms with E-state index in [-0.39, 0.29) is 17.0 Å². The molecule has 19 heavy (non-hydrogen) atoms. The van der Waals surface area contributed by atoms with Crippen molar-refractivity contribution < 1.29 is 13.9 Å². The molecule has 98 valence electrons. The van der Waals surface area contributed by atoms with Gasteiger partial charge in [0.2, 0.25) is 0 Å². The van der Waals surface area contributed by atoms with Crippen molar-refractivity contribution in [3.8, 4) is 5.88 Å². The minimum atomic E-state index is -0.814. The number of ether oxygens (including phenoxy) is 1. The summed E-state index contributed by atoms with van der Waals surface area (Å²) in [7, 11) is 1.27. The fraction of sp³-hybridized carbons (Fsp3) is 0.0769. The molecule has 0 aliphatic rings. The monoisotopic (exact) mass is 299 g/mol. The van der Waals surface area contributed by atoms with Crippen LogP contribution >= 0.6 is 23.2 Å². The van der Waals surface area contributed by atoms with Crippen LogP contribution in [0.15, 0.2) is 30.5 Å². The molecule has 0 atom stereocenters. The van der Waals surface area contributed by atoms with Gasteiger partial charge < -0.3 is 4.74 Å². The van der Waals surface area contributed by atoms with Crippen LogP contribution in [0.1, 0.15) is 15.9 Å². The zero-order valence-corrected chi connectivity index (χ0v) is 11.3. The summed E-state index contributed by atoms with van der Waals surface area (Å²) in [5, 5.41) is 0.606. The second-order valence-corrected chi connectivity index (χ2v) is 4.54. The van der Waals surface area contributed by atoms with E-state index in [0.717, 1.165) is 0 Å². The Hall–Kier alpha value is -1.65. The molecule has 0 spiro atoms. The molecular formula is C13H8Cl2FNO2. The first-order valence-electron chi connectivity index (χ1n) is 5.22. The van der Waals surface area contributed by atoms with Crippen LogP contribution in [0.2, 0.25) is 10.0 Å². The topological polar surface area (TPSA) is 39.2 Å². The van der Waals surface area contributed by atoms with E-state index in [9.17, 15) is 9.18 Å². The zero-order chi connectivity index (χ0) is 14.0.